The average Bonchev–Trinajstić information content (AvgIpc) is 3.09. The molecule has 116 valence electrons. The predicted molar refractivity (Wildman–Crippen MR) is 81.8 cm³/mol. The van der Waals surface area contributed by atoms with Crippen LogP contribution in [0.3, 0.4) is 0 Å². The largest absolute Gasteiger partial charge is 0.348 e. The van der Waals surface area contributed by atoms with E-state index in [1.807, 2.05) is 18.2 Å². The molecule has 0 spiro atoms. The second kappa shape index (κ2) is 6.65. The highest BCUT2D eigenvalue weighted by Crippen LogP contribution is 2.12. The first-order valence-corrected chi connectivity index (χ1v) is 7.63. The van der Waals surface area contributed by atoms with E-state index in [1.165, 1.54) is 11.0 Å². The van der Waals surface area contributed by atoms with E-state index in [-0.39, 0.29) is 11.9 Å². The summed E-state index contributed by atoms with van der Waals surface area (Å²) in [7, 11) is 0. The number of likely N-dealkylation sites (tertiary alicyclic amines) is 1. The Labute approximate surface area is 129 Å². The second-order valence-electron chi connectivity index (χ2n) is 5.51. The van der Waals surface area contributed by atoms with Gasteiger partial charge in [0.1, 0.15) is 6.33 Å². The third-order valence-corrected chi connectivity index (χ3v) is 4.01. The van der Waals surface area contributed by atoms with Crippen LogP contribution in [-0.2, 0) is 0 Å². The molecule has 1 N–H and O–H groups in total. The molecule has 1 aromatic carbocycles. The fourth-order valence-corrected chi connectivity index (χ4v) is 2.80. The molecule has 1 aliphatic rings. The van der Waals surface area contributed by atoms with E-state index < -0.39 is 0 Å². The fourth-order valence-electron chi connectivity index (χ4n) is 2.80. The molecule has 0 bridgehead atoms. The summed E-state index contributed by atoms with van der Waals surface area (Å²) in [5.74, 6) is -0.0436. The Morgan fingerprint density at radius 2 is 2.36 bits per heavy atom. The molecule has 1 aliphatic heterocycles. The number of likely N-dealkylation sites (N-methyl/N-ethyl adjacent to an activating group) is 1. The number of rotatable bonds is 4. The quantitative estimate of drug-likeness (QED) is 0.907. The van der Waals surface area contributed by atoms with Gasteiger partial charge in [-0.1, -0.05) is 13.0 Å². The van der Waals surface area contributed by atoms with Crippen LogP contribution in [0.2, 0.25) is 0 Å². The first-order chi connectivity index (χ1) is 10.8. The third-order valence-electron chi connectivity index (χ3n) is 4.01. The molecule has 7 heteroatoms. The van der Waals surface area contributed by atoms with Crippen molar-refractivity contribution in [3.8, 4) is 5.69 Å². The molecule has 0 unspecified atom stereocenters. The highest BCUT2D eigenvalue weighted by molar-refractivity contribution is 5.94. The zero-order valence-electron chi connectivity index (χ0n) is 12.6. The maximum absolute atomic E-state index is 12.4. The Kier molecular flexibility index (Phi) is 4.43. The Balaban J connectivity index is 1.68. The van der Waals surface area contributed by atoms with Crippen LogP contribution in [-0.4, -0.2) is 56.7 Å². The number of nitrogens with one attached hydrogen (secondary N) is 1. The van der Waals surface area contributed by atoms with Crippen LogP contribution >= 0.6 is 0 Å². The van der Waals surface area contributed by atoms with Crippen molar-refractivity contribution in [3.63, 3.8) is 0 Å². The van der Waals surface area contributed by atoms with Crippen molar-refractivity contribution in [2.24, 2.45) is 0 Å². The maximum Gasteiger partial charge on any atom is 0.251 e. The normalized spacial score (nSPS) is 19.0. The number of carbonyl (C=O) groups is 1. The van der Waals surface area contributed by atoms with Crippen molar-refractivity contribution >= 4 is 5.91 Å². The molecule has 22 heavy (non-hydrogen) atoms. The summed E-state index contributed by atoms with van der Waals surface area (Å²) in [6, 6.07) is 7.53. The number of hydrogen-bond donors (Lipinski definition) is 1. The SMILES string of the molecule is CCN1CCC[C@@H](NC(=O)c2cccc(-n3cnnn3)c2)C1. The van der Waals surface area contributed by atoms with Crippen LogP contribution in [0.4, 0.5) is 0 Å². The summed E-state index contributed by atoms with van der Waals surface area (Å²) < 4.78 is 1.54. The minimum absolute atomic E-state index is 0.0436. The summed E-state index contributed by atoms with van der Waals surface area (Å²) in [4.78, 5) is 14.8. The van der Waals surface area contributed by atoms with Crippen LogP contribution in [0.25, 0.3) is 5.69 Å². The van der Waals surface area contributed by atoms with Crippen molar-refractivity contribution in [3.05, 3.63) is 36.2 Å². The summed E-state index contributed by atoms with van der Waals surface area (Å²) in [6.07, 6.45) is 3.68. The molecule has 1 atom stereocenters. The first kappa shape index (κ1) is 14.6. The molecule has 0 saturated carbocycles. The van der Waals surface area contributed by atoms with Crippen LogP contribution in [0, 0.1) is 0 Å². The average molecular weight is 300 g/mol. The van der Waals surface area contributed by atoms with E-state index in [0.717, 1.165) is 38.2 Å². The summed E-state index contributed by atoms with van der Waals surface area (Å²) in [5, 5.41) is 14.2. The molecule has 1 fully saturated rings. The fraction of sp³-hybridized carbons (Fsp3) is 0.467. The van der Waals surface area contributed by atoms with Gasteiger partial charge in [0, 0.05) is 18.2 Å². The van der Waals surface area contributed by atoms with Crippen LogP contribution in [0.1, 0.15) is 30.1 Å². The molecular weight excluding hydrogens is 280 g/mol. The van der Waals surface area contributed by atoms with Gasteiger partial charge in [0.15, 0.2) is 0 Å². The van der Waals surface area contributed by atoms with Gasteiger partial charge in [-0.2, -0.15) is 0 Å². The third kappa shape index (κ3) is 3.30. The summed E-state index contributed by atoms with van der Waals surface area (Å²) in [5.41, 5.74) is 1.40. The maximum atomic E-state index is 12.4. The predicted octanol–water partition coefficient (Wildman–Crippen LogP) is 0.876. The highest BCUT2D eigenvalue weighted by atomic mass is 16.1. The topological polar surface area (TPSA) is 75.9 Å². The molecule has 2 heterocycles. The van der Waals surface area contributed by atoms with E-state index in [1.54, 1.807) is 6.07 Å². The monoisotopic (exact) mass is 300 g/mol. The molecule has 1 amide bonds. The first-order valence-electron chi connectivity index (χ1n) is 7.63. The van der Waals surface area contributed by atoms with E-state index in [0.29, 0.717) is 5.56 Å². The molecule has 0 radical (unpaired) electrons. The molecule has 1 saturated heterocycles. The van der Waals surface area contributed by atoms with E-state index in [9.17, 15) is 4.79 Å². The van der Waals surface area contributed by atoms with Crippen molar-refractivity contribution in [1.29, 1.82) is 0 Å². The molecule has 1 aromatic heterocycles. The summed E-state index contributed by atoms with van der Waals surface area (Å²) in [6.45, 7) is 5.23. The van der Waals surface area contributed by atoms with Gasteiger partial charge < -0.3 is 10.2 Å². The van der Waals surface area contributed by atoms with Gasteiger partial charge >= 0.3 is 0 Å². The molecule has 3 rings (SSSR count). The van der Waals surface area contributed by atoms with Gasteiger partial charge in [0.2, 0.25) is 0 Å². The van der Waals surface area contributed by atoms with Gasteiger partial charge in [-0.3, -0.25) is 4.79 Å². The number of amides is 1. The van der Waals surface area contributed by atoms with E-state index in [2.05, 4.69) is 32.7 Å². The molecule has 2 aromatic rings. The summed E-state index contributed by atoms with van der Waals surface area (Å²) >= 11 is 0. The van der Waals surface area contributed by atoms with E-state index >= 15 is 0 Å². The lowest BCUT2D eigenvalue weighted by Crippen LogP contribution is -2.47. The van der Waals surface area contributed by atoms with Gasteiger partial charge in [-0.25, -0.2) is 4.68 Å². The van der Waals surface area contributed by atoms with Crippen LogP contribution in [0.15, 0.2) is 30.6 Å². The van der Waals surface area contributed by atoms with Crippen molar-refractivity contribution in [1.82, 2.24) is 30.4 Å². The minimum Gasteiger partial charge on any atom is -0.348 e. The van der Waals surface area contributed by atoms with Gasteiger partial charge in [0.25, 0.3) is 5.91 Å². The lowest BCUT2D eigenvalue weighted by atomic mass is 10.0. The lowest BCUT2D eigenvalue weighted by molar-refractivity contribution is 0.0906. The van der Waals surface area contributed by atoms with Crippen LogP contribution < -0.4 is 5.32 Å². The number of hydrogen-bond acceptors (Lipinski definition) is 5. The number of piperidine rings is 1. The van der Waals surface area contributed by atoms with Crippen LogP contribution in [0.5, 0.6) is 0 Å². The number of benzene rings is 1. The minimum atomic E-state index is -0.0436. The zero-order chi connectivity index (χ0) is 15.4. The molecule has 7 nitrogen and oxygen atoms in total. The number of carbonyl (C=O) groups excluding carboxylic acids is 1. The highest BCUT2D eigenvalue weighted by Gasteiger charge is 2.20. The lowest BCUT2D eigenvalue weighted by Gasteiger charge is -2.32. The number of aromatic nitrogens is 4. The van der Waals surface area contributed by atoms with Gasteiger partial charge in [-0.15, -0.1) is 5.10 Å². The van der Waals surface area contributed by atoms with Crippen molar-refractivity contribution < 1.29 is 4.79 Å². The molecular formula is C15H20N6O. The zero-order valence-corrected chi connectivity index (χ0v) is 12.6. The Morgan fingerprint density at radius 1 is 1.45 bits per heavy atom. The second-order valence-corrected chi connectivity index (χ2v) is 5.51. The standard InChI is InChI=1S/C15H20N6O/c1-2-20-8-4-6-13(10-20)17-15(22)12-5-3-7-14(9-12)21-11-16-18-19-21/h3,5,7,9,11,13H,2,4,6,8,10H2,1H3,(H,17,22)/t13-/m1/s1. The Hall–Kier alpha value is -2.28. The van der Waals surface area contributed by atoms with Crippen molar-refractivity contribution in [2.45, 2.75) is 25.8 Å². The smallest absolute Gasteiger partial charge is 0.251 e. The van der Waals surface area contributed by atoms with Gasteiger partial charge in [-0.05, 0) is 54.6 Å². The van der Waals surface area contributed by atoms with Gasteiger partial charge in [0.05, 0.1) is 5.69 Å². The van der Waals surface area contributed by atoms with Crippen molar-refractivity contribution in [2.75, 3.05) is 19.6 Å². The van der Waals surface area contributed by atoms with E-state index in [4.69, 9.17) is 0 Å². The Bertz CT molecular complexity index is 627. The number of nitrogens with zero attached hydrogens (tertiary/aromatic N) is 5. The Morgan fingerprint density at radius 3 is 3.14 bits per heavy atom. The molecule has 0 aliphatic carbocycles. The number of tetrazole rings is 1.